The molecule has 1 aromatic rings. The summed E-state index contributed by atoms with van der Waals surface area (Å²) >= 11 is 0. The van der Waals surface area contributed by atoms with Crippen LogP contribution in [0.15, 0.2) is 18.3 Å². The Morgan fingerprint density at radius 2 is 2.14 bits per heavy atom. The third-order valence-corrected chi connectivity index (χ3v) is 2.79. The molecule has 0 aliphatic rings. The van der Waals surface area contributed by atoms with Gasteiger partial charge in [0.05, 0.1) is 0 Å². The van der Waals surface area contributed by atoms with Crippen LogP contribution in [0.1, 0.15) is 31.5 Å². The predicted octanol–water partition coefficient (Wildman–Crippen LogP) is 2.31. The molecule has 2 nitrogen and oxygen atoms in total. The maximum atomic E-state index is 6.06. The topological polar surface area (TPSA) is 38.9 Å². The zero-order chi connectivity index (χ0) is 10.6. The summed E-state index contributed by atoms with van der Waals surface area (Å²) in [5, 5.41) is 0. The number of hydrogen-bond donors (Lipinski definition) is 1. The molecule has 2 atom stereocenters. The molecule has 1 aromatic heterocycles. The smallest absolute Gasteiger partial charge is 0.0419 e. The first-order chi connectivity index (χ1) is 6.63. The number of nitrogens with zero attached hydrogens (tertiary/aromatic N) is 1. The van der Waals surface area contributed by atoms with Crippen LogP contribution < -0.4 is 5.73 Å². The Hall–Kier alpha value is -0.890. The minimum atomic E-state index is 0.232. The van der Waals surface area contributed by atoms with Crippen LogP contribution in [0.4, 0.5) is 0 Å². The number of pyridine rings is 1. The van der Waals surface area contributed by atoms with Gasteiger partial charge in [-0.05, 0) is 24.5 Å². The maximum Gasteiger partial charge on any atom is 0.0419 e. The van der Waals surface area contributed by atoms with Gasteiger partial charge in [0.15, 0.2) is 0 Å². The van der Waals surface area contributed by atoms with Gasteiger partial charge in [0.1, 0.15) is 0 Å². The third kappa shape index (κ3) is 3.11. The highest BCUT2D eigenvalue weighted by Gasteiger charge is 2.11. The van der Waals surface area contributed by atoms with Crippen LogP contribution in [0.2, 0.25) is 0 Å². The average Bonchev–Trinajstić information content (AvgIpc) is 2.20. The Balaban J connectivity index is 2.56. The number of hydrogen-bond acceptors (Lipinski definition) is 2. The first kappa shape index (κ1) is 11.2. The zero-order valence-corrected chi connectivity index (χ0v) is 9.33. The molecule has 0 spiro atoms. The van der Waals surface area contributed by atoms with E-state index < -0.39 is 0 Å². The van der Waals surface area contributed by atoms with Crippen molar-refractivity contribution in [3.05, 3.63) is 29.6 Å². The largest absolute Gasteiger partial charge is 0.327 e. The van der Waals surface area contributed by atoms with E-state index in [0.717, 1.165) is 18.5 Å². The summed E-state index contributed by atoms with van der Waals surface area (Å²) in [6, 6.07) is 4.39. The Morgan fingerprint density at radius 3 is 2.64 bits per heavy atom. The SMILES string of the molecule is CCC(C)C(N)Cc1ccc(C)cn1. The van der Waals surface area contributed by atoms with Crippen LogP contribution in [-0.4, -0.2) is 11.0 Å². The summed E-state index contributed by atoms with van der Waals surface area (Å²) < 4.78 is 0. The summed E-state index contributed by atoms with van der Waals surface area (Å²) in [5.74, 6) is 0.568. The number of aryl methyl sites for hydroxylation is 1. The number of rotatable bonds is 4. The fourth-order valence-electron chi connectivity index (χ4n) is 1.36. The second-order valence-electron chi connectivity index (χ2n) is 4.08. The molecule has 2 heteroatoms. The molecule has 0 radical (unpaired) electrons. The van der Waals surface area contributed by atoms with Gasteiger partial charge >= 0.3 is 0 Å². The molecule has 0 saturated heterocycles. The van der Waals surface area contributed by atoms with Crippen LogP contribution in [0, 0.1) is 12.8 Å². The van der Waals surface area contributed by atoms with Gasteiger partial charge in [0.25, 0.3) is 0 Å². The molecule has 1 rings (SSSR count). The lowest BCUT2D eigenvalue weighted by atomic mass is 9.96. The molecule has 0 aliphatic carbocycles. The highest BCUT2D eigenvalue weighted by Crippen LogP contribution is 2.10. The maximum absolute atomic E-state index is 6.06. The molecule has 0 aliphatic heterocycles. The Labute approximate surface area is 86.5 Å². The van der Waals surface area contributed by atoms with Crippen molar-refractivity contribution in [3.8, 4) is 0 Å². The van der Waals surface area contributed by atoms with Gasteiger partial charge < -0.3 is 5.73 Å². The summed E-state index contributed by atoms with van der Waals surface area (Å²) in [4.78, 5) is 4.35. The van der Waals surface area contributed by atoms with Crippen LogP contribution in [0.3, 0.4) is 0 Å². The van der Waals surface area contributed by atoms with Gasteiger partial charge in [-0.3, -0.25) is 4.98 Å². The van der Waals surface area contributed by atoms with Crippen molar-refractivity contribution in [3.63, 3.8) is 0 Å². The Bertz CT molecular complexity index is 266. The fraction of sp³-hybridized carbons (Fsp3) is 0.583. The number of nitrogens with two attached hydrogens (primary N) is 1. The normalized spacial score (nSPS) is 15.1. The lowest BCUT2D eigenvalue weighted by Crippen LogP contribution is -2.30. The second kappa shape index (κ2) is 5.11. The van der Waals surface area contributed by atoms with Crippen molar-refractivity contribution < 1.29 is 0 Å². The van der Waals surface area contributed by atoms with Crippen LogP contribution in [0.5, 0.6) is 0 Å². The first-order valence-corrected chi connectivity index (χ1v) is 5.30. The van der Waals surface area contributed by atoms with Crippen molar-refractivity contribution >= 4 is 0 Å². The Kier molecular flexibility index (Phi) is 4.08. The van der Waals surface area contributed by atoms with E-state index >= 15 is 0 Å². The van der Waals surface area contributed by atoms with Crippen LogP contribution in [0.25, 0.3) is 0 Å². The molecule has 1 heterocycles. The summed E-state index contributed by atoms with van der Waals surface area (Å²) in [7, 11) is 0. The summed E-state index contributed by atoms with van der Waals surface area (Å²) in [5.41, 5.74) is 8.36. The number of aromatic nitrogens is 1. The minimum Gasteiger partial charge on any atom is -0.327 e. The van der Waals surface area contributed by atoms with Gasteiger partial charge in [0.2, 0.25) is 0 Å². The molecule has 0 amide bonds. The standard InChI is InChI=1S/C12H20N2/c1-4-10(3)12(13)7-11-6-5-9(2)8-14-11/h5-6,8,10,12H,4,7,13H2,1-3H3. The van der Waals surface area contributed by atoms with Crippen molar-refractivity contribution in [1.82, 2.24) is 4.98 Å². The van der Waals surface area contributed by atoms with E-state index in [-0.39, 0.29) is 6.04 Å². The van der Waals surface area contributed by atoms with E-state index in [1.807, 2.05) is 13.1 Å². The summed E-state index contributed by atoms with van der Waals surface area (Å²) in [6.45, 7) is 6.41. The molecule has 0 saturated carbocycles. The minimum absolute atomic E-state index is 0.232. The van der Waals surface area contributed by atoms with Gasteiger partial charge in [-0.25, -0.2) is 0 Å². The van der Waals surface area contributed by atoms with E-state index in [0.29, 0.717) is 5.92 Å². The van der Waals surface area contributed by atoms with Crippen LogP contribution in [-0.2, 0) is 6.42 Å². The fourth-order valence-corrected chi connectivity index (χ4v) is 1.36. The quantitative estimate of drug-likeness (QED) is 0.795. The lowest BCUT2D eigenvalue weighted by Gasteiger charge is -2.17. The Morgan fingerprint density at radius 1 is 1.43 bits per heavy atom. The van der Waals surface area contributed by atoms with E-state index in [1.165, 1.54) is 5.56 Å². The molecular formula is C12H20N2. The van der Waals surface area contributed by atoms with Gasteiger partial charge in [-0.1, -0.05) is 26.3 Å². The average molecular weight is 192 g/mol. The van der Waals surface area contributed by atoms with Crippen LogP contribution >= 0.6 is 0 Å². The van der Waals surface area contributed by atoms with Crippen molar-refractivity contribution in [1.29, 1.82) is 0 Å². The molecule has 14 heavy (non-hydrogen) atoms. The monoisotopic (exact) mass is 192 g/mol. The summed E-state index contributed by atoms with van der Waals surface area (Å²) in [6.07, 6.45) is 3.92. The molecule has 0 aromatic carbocycles. The predicted molar refractivity (Wildman–Crippen MR) is 60.1 cm³/mol. The van der Waals surface area contributed by atoms with E-state index in [2.05, 4.69) is 31.0 Å². The molecule has 2 unspecified atom stereocenters. The highest BCUT2D eigenvalue weighted by molar-refractivity contribution is 5.13. The van der Waals surface area contributed by atoms with Crippen molar-refractivity contribution in [2.75, 3.05) is 0 Å². The van der Waals surface area contributed by atoms with E-state index in [4.69, 9.17) is 5.73 Å². The van der Waals surface area contributed by atoms with Crippen molar-refractivity contribution in [2.45, 2.75) is 39.7 Å². The molecular weight excluding hydrogens is 172 g/mol. The second-order valence-corrected chi connectivity index (χ2v) is 4.08. The zero-order valence-electron chi connectivity index (χ0n) is 9.33. The van der Waals surface area contributed by atoms with E-state index in [1.54, 1.807) is 0 Å². The van der Waals surface area contributed by atoms with Gasteiger partial charge in [-0.15, -0.1) is 0 Å². The highest BCUT2D eigenvalue weighted by atomic mass is 14.7. The molecule has 2 N–H and O–H groups in total. The lowest BCUT2D eigenvalue weighted by molar-refractivity contribution is 0.437. The van der Waals surface area contributed by atoms with Crippen molar-refractivity contribution in [2.24, 2.45) is 11.7 Å². The molecule has 0 bridgehead atoms. The van der Waals surface area contributed by atoms with Gasteiger partial charge in [-0.2, -0.15) is 0 Å². The molecule has 0 fully saturated rings. The van der Waals surface area contributed by atoms with E-state index in [9.17, 15) is 0 Å². The van der Waals surface area contributed by atoms with Gasteiger partial charge in [0, 0.05) is 24.4 Å². The molecule has 78 valence electrons. The third-order valence-electron chi connectivity index (χ3n) is 2.79. The first-order valence-electron chi connectivity index (χ1n) is 5.30.